The molecule has 1 saturated heterocycles. The smallest absolute Gasteiger partial charge is 0.270 e. The van der Waals surface area contributed by atoms with E-state index in [9.17, 15) is 4.79 Å². The Hall–Kier alpha value is -1.72. The molecule has 0 unspecified atom stereocenters. The van der Waals surface area contributed by atoms with Crippen molar-refractivity contribution in [1.29, 1.82) is 0 Å². The van der Waals surface area contributed by atoms with Crippen molar-refractivity contribution in [2.45, 2.75) is 38.5 Å². The Labute approximate surface area is 154 Å². The van der Waals surface area contributed by atoms with Crippen LogP contribution in [-0.4, -0.2) is 42.0 Å². The first-order chi connectivity index (χ1) is 12.3. The molecule has 1 atom stereocenters. The van der Waals surface area contributed by atoms with Gasteiger partial charge in [-0.2, -0.15) is 0 Å². The fourth-order valence-corrected chi connectivity index (χ4v) is 4.30. The van der Waals surface area contributed by atoms with Gasteiger partial charge in [0.15, 0.2) is 0 Å². The van der Waals surface area contributed by atoms with Gasteiger partial charge in [0, 0.05) is 25.0 Å². The number of hydrogen-bond donors (Lipinski definition) is 1. The van der Waals surface area contributed by atoms with Gasteiger partial charge in [0.1, 0.15) is 5.69 Å². The molecule has 5 heteroatoms. The van der Waals surface area contributed by atoms with Crippen molar-refractivity contribution >= 4 is 17.2 Å². The lowest BCUT2D eigenvalue weighted by molar-refractivity contribution is 0.0941. The molecule has 0 spiro atoms. The standard InChI is InChI=1S/C20H27N3OS/c1-2-7-19-22-18(15-25-19)20(24)21-11-13-23-12-6-10-17(14-23)16-8-4-3-5-9-16/h3-5,8-9,15,17H,2,6-7,10-14H2,1H3,(H,21,24)/t17-/m1/s1. The lowest BCUT2D eigenvalue weighted by Gasteiger charge is -2.33. The van der Waals surface area contributed by atoms with Gasteiger partial charge in [-0.15, -0.1) is 11.3 Å². The van der Waals surface area contributed by atoms with Gasteiger partial charge >= 0.3 is 0 Å². The van der Waals surface area contributed by atoms with Gasteiger partial charge in [-0.05, 0) is 43.7 Å². The fourth-order valence-electron chi connectivity index (χ4n) is 3.42. The van der Waals surface area contributed by atoms with E-state index in [1.807, 2.05) is 5.38 Å². The maximum absolute atomic E-state index is 12.2. The largest absolute Gasteiger partial charge is 0.349 e. The van der Waals surface area contributed by atoms with E-state index in [0.29, 0.717) is 18.2 Å². The minimum absolute atomic E-state index is 0.0461. The number of nitrogens with one attached hydrogen (secondary N) is 1. The Morgan fingerprint density at radius 3 is 3.00 bits per heavy atom. The van der Waals surface area contributed by atoms with Crippen LogP contribution in [0, 0.1) is 0 Å². The molecule has 0 bridgehead atoms. The number of nitrogens with zero attached hydrogens (tertiary/aromatic N) is 2. The highest BCUT2D eigenvalue weighted by molar-refractivity contribution is 7.09. The second-order valence-corrected chi connectivity index (χ2v) is 7.63. The van der Waals surface area contributed by atoms with Gasteiger partial charge in [0.2, 0.25) is 0 Å². The number of likely N-dealkylation sites (tertiary alicyclic amines) is 1. The highest BCUT2D eigenvalue weighted by atomic mass is 32.1. The highest BCUT2D eigenvalue weighted by Gasteiger charge is 2.21. The molecule has 3 rings (SSSR count). The van der Waals surface area contributed by atoms with Gasteiger partial charge < -0.3 is 10.2 Å². The molecule has 1 amide bonds. The molecule has 1 aromatic heterocycles. The first kappa shape index (κ1) is 18.1. The van der Waals surface area contributed by atoms with Crippen LogP contribution >= 0.6 is 11.3 Å². The van der Waals surface area contributed by atoms with E-state index in [2.05, 4.69) is 52.5 Å². The van der Waals surface area contributed by atoms with E-state index < -0.39 is 0 Å². The number of thiazole rings is 1. The average molecular weight is 358 g/mol. The van der Waals surface area contributed by atoms with E-state index in [1.165, 1.54) is 18.4 Å². The van der Waals surface area contributed by atoms with E-state index in [4.69, 9.17) is 0 Å². The van der Waals surface area contributed by atoms with Crippen LogP contribution in [0.25, 0.3) is 0 Å². The van der Waals surface area contributed by atoms with Crippen LogP contribution in [0.1, 0.15) is 53.2 Å². The molecule has 1 fully saturated rings. The zero-order valence-electron chi connectivity index (χ0n) is 14.9. The van der Waals surface area contributed by atoms with Crippen molar-refractivity contribution in [1.82, 2.24) is 15.2 Å². The molecule has 1 aliphatic heterocycles. The van der Waals surface area contributed by atoms with E-state index in [1.54, 1.807) is 11.3 Å². The molecule has 0 saturated carbocycles. The minimum atomic E-state index is -0.0461. The molecule has 1 aliphatic rings. The first-order valence-corrected chi connectivity index (χ1v) is 10.1. The summed E-state index contributed by atoms with van der Waals surface area (Å²) in [6, 6.07) is 10.8. The topological polar surface area (TPSA) is 45.2 Å². The van der Waals surface area contributed by atoms with Crippen molar-refractivity contribution in [3.8, 4) is 0 Å². The molecule has 1 N–H and O–H groups in total. The van der Waals surface area contributed by atoms with Crippen LogP contribution in [0.2, 0.25) is 0 Å². The monoisotopic (exact) mass is 357 g/mol. The van der Waals surface area contributed by atoms with Crippen molar-refractivity contribution in [3.63, 3.8) is 0 Å². The average Bonchev–Trinajstić information content (AvgIpc) is 3.12. The number of hydrogen-bond acceptors (Lipinski definition) is 4. The summed E-state index contributed by atoms with van der Waals surface area (Å²) in [5, 5.41) is 5.94. The SMILES string of the molecule is CCCc1nc(C(=O)NCCN2CCC[C@@H](c3ccccc3)C2)cs1. The van der Waals surface area contributed by atoms with E-state index in [0.717, 1.165) is 37.5 Å². The molecule has 134 valence electrons. The molecule has 0 aliphatic carbocycles. The molecule has 0 radical (unpaired) electrons. The van der Waals surface area contributed by atoms with Crippen LogP contribution in [-0.2, 0) is 6.42 Å². The molecular formula is C20H27N3OS. The summed E-state index contributed by atoms with van der Waals surface area (Å²) < 4.78 is 0. The Morgan fingerprint density at radius 2 is 2.20 bits per heavy atom. The third-order valence-electron chi connectivity index (χ3n) is 4.74. The maximum atomic E-state index is 12.2. The minimum Gasteiger partial charge on any atom is -0.349 e. The maximum Gasteiger partial charge on any atom is 0.270 e. The predicted molar refractivity (Wildman–Crippen MR) is 103 cm³/mol. The number of aryl methyl sites for hydroxylation is 1. The van der Waals surface area contributed by atoms with Crippen molar-refractivity contribution in [2.75, 3.05) is 26.2 Å². The zero-order chi connectivity index (χ0) is 17.5. The molecule has 25 heavy (non-hydrogen) atoms. The third kappa shape index (κ3) is 5.13. The van der Waals surface area contributed by atoms with Crippen LogP contribution in [0.5, 0.6) is 0 Å². The number of amides is 1. The van der Waals surface area contributed by atoms with Gasteiger partial charge in [0.25, 0.3) is 5.91 Å². The molecule has 2 aromatic rings. The highest BCUT2D eigenvalue weighted by Crippen LogP contribution is 2.26. The Balaban J connectivity index is 1.44. The Morgan fingerprint density at radius 1 is 1.36 bits per heavy atom. The van der Waals surface area contributed by atoms with Crippen LogP contribution in [0.4, 0.5) is 0 Å². The molecule has 4 nitrogen and oxygen atoms in total. The quantitative estimate of drug-likeness (QED) is 0.822. The Bertz CT molecular complexity index is 671. The number of carbonyl (C=O) groups is 1. The summed E-state index contributed by atoms with van der Waals surface area (Å²) in [5.41, 5.74) is 2.00. The lowest BCUT2D eigenvalue weighted by Crippen LogP contribution is -2.40. The first-order valence-electron chi connectivity index (χ1n) is 9.26. The third-order valence-corrected chi connectivity index (χ3v) is 5.65. The van der Waals surface area contributed by atoms with Gasteiger partial charge in [-0.1, -0.05) is 37.3 Å². The summed E-state index contributed by atoms with van der Waals surface area (Å²) in [5.74, 6) is 0.566. The summed E-state index contributed by atoms with van der Waals surface area (Å²) in [4.78, 5) is 19.1. The van der Waals surface area contributed by atoms with Crippen molar-refractivity contribution < 1.29 is 4.79 Å². The van der Waals surface area contributed by atoms with Crippen LogP contribution in [0.15, 0.2) is 35.7 Å². The predicted octanol–water partition coefficient (Wildman–Crippen LogP) is 3.71. The fraction of sp³-hybridized carbons (Fsp3) is 0.500. The van der Waals surface area contributed by atoms with E-state index >= 15 is 0 Å². The molecule has 2 heterocycles. The molecular weight excluding hydrogens is 330 g/mol. The van der Waals surface area contributed by atoms with Gasteiger partial charge in [0.05, 0.1) is 5.01 Å². The normalized spacial score (nSPS) is 18.2. The number of aromatic nitrogens is 1. The second kappa shape index (κ2) is 9.11. The summed E-state index contributed by atoms with van der Waals surface area (Å²) in [7, 11) is 0. The second-order valence-electron chi connectivity index (χ2n) is 6.68. The summed E-state index contributed by atoms with van der Waals surface area (Å²) in [6.45, 7) is 5.91. The zero-order valence-corrected chi connectivity index (χ0v) is 15.7. The summed E-state index contributed by atoms with van der Waals surface area (Å²) in [6.07, 6.45) is 4.49. The lowest BCUT2D eigenvalue weighted by atomic mass is 9.91. The van der Waals surface area contributed by atoms with Gasteiger partial charge in [-0.25, -0.2) is 4.98 Å². The van der Waals surface area contributed by atoms with Crippen molar-refractivity contribution in [3.05, 3.63) is 52.0 Å². The van der Waals surface area contributed by atoms with Gasteiger partial charge in [-0.3, -0.25) is 4.79 Å². The molecule has 1 aromatic carbocycles. The van der Waals surface area contributed by atoms with Crippen molar-refractivity contribution in [2.24, 2.45) is 0 Å². The number of benzene rings is 1. The number of rotatable bonds is 7. The number of carbonyl (C=O) groups excluding carboxylic acids is 1. The van der Waals surface area contributed by atoms with Crippen LogP contribution < -0.4 is 5.32 Å². The van der Waals surface area contributed by atoms with Crippen LogP contribution in [0.3, 0.4) is 0 Å². The summed E-state index contributed by atoms with van der Waals surface area (Å²) >= 11 is 1.58. The number of piperidine rings is 1. The Kier molecular flexibility index (Phi) is 6.59. The van der Waals surface area contributed by atoms with E-state index in [-0.39, 0.29) is 5.91 Å².